The van der Waals surface area contributed by atoms with Crippen molar-refractivity contribution in [3.63, 3.8) is 0 Å². The third kappa shape index (κ3) is 5.80. The van der Waals surface area contributed by atoms with Crippen molar-refractivity contribution < 1.29 is 19.7 Å². The van der Waals surface area contributed by atoms with E-state index in [2.05, 4.69) is 12.1 Å². The molecule has 0 amide bonds. The van der Waals surface area contributed by atoms with E-state index in [4.69, 9.17) is 14.9 Å². The summed E-state index contributed by atoms with van der Waals surface area (Å²) in [6, 6.07) is 10.1. The van der Waals surface area contributed by atoms with E-state index in [0.717, 1.165) is 19.3 Å². The first-order valence-corrected chi connectivity index (χ1v) is 6.21. The first-order valence-electron chi connectivity index (χ1n) is 6.21. The van der Waals surface area contributed by atoms with E-state index in [9.17, 15) is 4.79 Å². The van der Waals surface area contributed by atoms with Crippen molar-refractivity contribution in [2.45, 2.75) is 31.8 Å². The summed E-state index contributed by atoms with van der Waals surface area (Å²) in [5.41, 5.74) is 1.26. The third-order valence-corrected chi connectivity index (χ3v) is 2.64. The summed E-state index contributed by atoms with van der Waals surface area (Å²) < 4.78 is 4.86. The van der Waals surface area contributed by atoms with Crippen molar-refractivity contribution in [2.75, 3.05) is 13.2 Å². The fourth-order valence-electron chi connectivity index (χ4n) is 1.62. The SMILES string of the molecule is O=C(CCCCc1ccccc1)OC(CO)CO. The van der Waals surface area contributed by atoms with Crippen LogP contribution < -0.4 is 0 Å². The highest BCUT2D eigenvalue weighted by Gasteiger charge is 2.11. The fraction of sp³-hybridized carbons (Fsp3) is 0.500. The summed E-state index contributed by atoms with van der Waals surface area (Å²) in [7, 11) is 0. The molecule has 0 saturated carbocycles. The number of hydrogen-bond acceptors (Lipinski definition) is 4. The Hall–Kier alpha value is -1.39. The Balaban J connectivity index is 2.12. The lowest BCUT2D eigenvalue weighted by molar-refractivity contribution is -0.153. The Labute approximate surface area is 107 Å². The number of hydrogen-bond donors (Lipinski definition) is 2. The maximum Gasteiger partial charge on any atom is 0.306 e. The van der Waals surface area contributed by atoms with Gasteiger partial charge >= 0.3 is 5.97 Å². The third-order valence-electron chi connectivity index (χ3n) is 2.64. The zero-order valence-corrected chi connectivity index (χ0v) is 10.4. The van der Waals surface area contributed by atoms with E-state index in [0.29, 0.717) is 6.42 Å². The molecule has 0 heterocycles. The summed E-state index contributed by atoms with van der Waals surface area (Å²) in [6.07, 6.45) is 2.15. The predicted octanol–water partition coefficient (Wildman–Crippen LogP) is 1.30. The normalized spacial score (nSPS) is 10.6. The number of aliphatic hydroxyl groups excluding tert-OH is 2. The molecule has 0 saturated heterocycles. The van der Waals surface area contributed by atoms with Crippen LogP contribution >= 0.6 is 0 Å². The molecule has 2 N–H and O–H groups in total. The van der Waals surface area contributed by atoms with Gasteiger partial charge in [0.2, 0.25) is 0 Å². The Morgan fingerprint density at radius 3 is 2.39 bits per heavy atom. The number of aryl methyl sites for hydroxylation is 1. The number of unbranched alkanes of at least 4 members (excludes halogenated alkanes) is 1. The summed E-state index contributed by atoms with van der Waals surface area (Å²) in [6.45, 7) is -0.682. The van der Waals surface area contributed by atoms with Crippen molar-refractivity contribution in [3.05, 3.63) is 35.9 Å². The average Bonchev–Trinajstić information content (AvgIpc) is 2.42. The van der Waals surface area contributed by atoms with E-state index >= 15 is 0 Å². The molecule has 4 nitrogen and oxygen atoms in total. The molecule has 0 aliphatic carbocycles. The maximum atomic E-state index is 11.3. The van der Waals surface area contributed by atoms with Gasteiger partial charge in [-0.05, 0) is 24.8 Å². The summed E-state index contributed by atoms with van der Waals surface area (Å²) in [5, 5.41) is 17.5. The molecule has 1 aromatic rings. The molecule has 1 aromatic carbocycles. The monoisotopic (exact) mass is 252 g/mol. The number of rotatable bonds is 8. The second-order valence-corrected chi connectivity index (χ2v) is 4.17. The molecular weight excluding hydrogens is 232 g/mol. The Morgan fingerprint density at radius 1 is 1.11 bits per heavy atom. The first kappa shape index (κ1) is 14.7. The molecule has 0 atom stereocenters. The van der Waals surface area contributed by atoms with Gasteiger partial charge < -0.3 is 14.9 Å². The van der Waals surface area contributed by atoms with E-state index in [1.807, 2.05) is 18.2 Å². The minimum Gasteiger partial charge on any atom is -0.457 e. The minimum absolute atomic E-state index is 0.323. The van der Waals surface area contributed by atoms with Crippen LogP contribution in [0, 0.1) is 0 Å². The molecular formula is C14H20O4. The zero-order chi connectivity index (χ0) is 13.2. The molecule has 4 heteroatoms. The van der Waals surface area contributed by atoms with Crippen LogP contribution in [0.4, 0.5) is 0 Å². The molecule has 0 fully saturated rings. The molecule has 0 spiro atoms. The lowest BCUT2D eigenvalue weighted by Crippen LogP contribution is -2.25. The smallest absolute Gasteiger partial charge is 0.306 e. The molecule has 0 bridgehead atoms. The molecule has 0 aromatic heterocycles. The van der Waals surface area contributed by atoms with Gasteiger partial charge in [-0.1, -0.05) is 30.3 Å². The highest BCUT2D eigenvalue weighted by atomic mass is 16.6. The summed E-state index contributed by atoms with van der Waals surface area (Å²) in [5.74, 6) is -0.365. The molecule has 18 heavy (non-hydrogen) atoms. The quantitative estimate of drug-likeness (QED) is 0.540. The van der Waals surface area contributed by atoms with Gasteiger partial charge in [0, 0.05) is 6.42 Å². The minimum atomic E-state index is -0.786. The van der Waals surface area contributed by atoms with Gasteiger partial charge in [0.15, 0.2) is 0 Å². The predicted molar refractivity (Wildman–Crippen MR) is 68.0 cm³/mol. The van der Waals surface area contributed by atoms with Gasteiger partial charge in [-0.15, -0.1) is 0 Å². The van der Waals surface area contributed by atoms with Crippen molar-refractivity contribution in [1.29, 1.82) is 0 Å². The average molecular weight is 252 g/mol. The van der Waals surface area contributed by atoms with Crippen LogP contribution in [-0.4, -0.2) is 35.5 Å². The lowest BCUT2D eigenvalue weighted by Gasteiger charge is -2.12. The summed E-state index contributed by atoms with van der Waals surface area (Å²) in [4.78, 5) is 11.3. The topological polar surface area (TPSA) is 66.8 Å². The van der Waals surface area contributed by atoms with Crippen LogP contribution in [0.1, 0.15) is 24.8 Å². The fourth-order valence-corrected chi connectivity index (χ4v) is 1.62. The Bertz CT molecular complexity index is 333. The lowest BCUT2D eigenvalue weighted by atomic mass is 10.1. The molecule has 100 valence electrons. The summed E-state index contributed by atoms with van der Waals surface area (Å²) >= 11 is 0. The van der Waals surface area contributed by atoms with Gasteiger partial charge in [-0.3, -0.25) is 4.79 Å². The van der Waals surface area contributed by atoms with Crippen molar-refractivity contribution in [1.82, 2.24) is 0 Å². The number of ether oxygens (including phenoxy) is 1. The number of carbonyl (C=O) groups is 1. The number of benzene rings is 1. The van der Waals surface area contributed by atoms with Gasteiger partial charge in [0.05, 0.1) is 13.2 Å². The van der Waals surface area contributed by atoms with Crippen LogP contribution in [0.15, 0.2) is 30.3 Å². The largest absolute Gasteiger partial charge is 0.457 e. The standard InChI is InChI=1S/C14H20O4/c15-10-13(11-16)18-14(17)9-5-4-8-12-6-2-1-3-7-12/h1-3,6-7,13,15-16H,4-5,8-11H2. The van der Waals surface area contributed by atoms with Crippen molar-refractivity contribution >= 4 is 5.97 Å². The van der Waals surface area contributed by atoms with Crippen molar-refractivity contribution in [2.24, 2.45) is 0 Å². The van der Waals surface area contributed by atoms with Crippen molar-refractivity contribution in [3.8, 4) is 0 Å². The zero-order valence-electron chi connectivity index (χ0n) is 10.4. The number of esters is 1. The Kier molecular flexibility index (Phi) is 7.06. The van der Waals surface area contributed by atoms with Crippen LogP contribution in [0.25, 0.3) is 0 Å². The molecule has 0 radical (unpaired) electrons. The second kappa shape index (κ2) is 8.66. The van der Waals surface area contributed by atoms with Gasteiger partial charge in [0.1, 0.15) is 6.10 Å². The molecule has 0 aliphatic heterocycles. The highest BCUT2D eigenvalue weighted by molar-refractivity contribution is 5.69. The molecule has 0 unspecified atom stereocenters. The van der Waals surface area contributed by atoms with E-state index in [1.165, 1.54) is 5.56 Å². The van der Waals surface area contributed by atoms with E-state index in [1.54, 1.807) is 0 Å². The molecule has 0 aliphatic rings. The number of aliphatic hydroxyl groups is 2. The van der Waals surface area contributed by atoms with E-state index < -0.39 is 6.10 Å². The van der Waals surface area contributed by atoms with Gasteiger partial charge in [-0.2, -0.15) is 0 Å². The van der Waals surface area contributed by atoms with Gasteiger partial charge in [0.25, 0.3) is 0 Å². The van der Waals surface area contributed by atoms with Crippen LogP contribution in [0.2, 0.25) is 0 Å². The van der Waals surface area contributed by atoms with E-state index in [-0.39, 0.29) is 19.2 Å². The second-order valence-electron chi connectivity index (χ2n) is 4.17. The molecule has 1 rings (SSSR count). The van der Waals surface area contributed by atoms with Crippen LogP contribution in [0.5, 0.6) is 0 Å². The Morgan fingerprint density at radius 2 is 1.78 bits per heavy atom. The van der Waals surface area contributed by atoms with Crippen LogP contribution in [0.3, 0.4) is 0 Å². The first-order chi connectivity index (χ1) is 8.76. The maximum absolute atomic E-state index is 11.3. The van der Waals surface area contributed by atoms with Crippen LogP contribution in [-0.2, 0) is 16.0 Å². The number of carbonyl (C=O) groups excluding carboxylic acids is 1. The highest BCUT2D eigenvalue weighted by Crippen LogP contribution is 2.07. The van der Waals surface area contributed by atoms with Gasteiger partial charge in [-0.25, -0.2) is 0 Å².